The lowest BCUT2D eigenvalue weighted by Gasteiger charge is -2.14. The maximum atomic E-state index is 13.4. The molecule has 6 rings (SSSR count). The predicted octanol–water partition coefficient (Wildman–Crippen LogP) is 9.64. The Labute approximate surface area is 325 Å². The molecule has 0 atom stereocenters. The van der Waals surface area contributed by atoms with E-state index in [0.29, 0.717) is 73.6 Å². The lowest BCUT2D eigenvalue weighted by molar-refractivity contribution is -0.140. The number of fused-ring (bicyclic) bond motifs is 2. The van der Waals surface area contributed by atoms with Crippen LogP contribution in [0.15, 0.2) is 86.1 Å². The number of methoxy groups -OCH3 is 1. The Morgan fingerprint density at radius 3 is 1.56 bits per heavy atom. The van der Waals surface area contributed by atoms with E-state index in [2.05, 4.69) is 26.6 Å². The van der Waals surface area contributed by atoms with Crippen molar-refractivity contribution in [3.05, 3.63) is 106 Å². The summed E-state index contributed by atoms with van der Waals surface area (Å²) < 4.78 is 55.7. The summed E-state index contributed by atoms with van der Waals surface area (Å²) in [6, 6.07) is 18.6. The summed E-state index contributed by atoms with van der Waals surface area (Å²) in [6.45, 7) is 7.64. The van der Waals surface area contributed by atoms with Gasteiger partial charge in [-0.25, -0.2) is 8.78 Å². The largest absolute Gasteiger partial charge is 0.491 e. The average molecular weight is 820 g/mol. The lowest BCUT2D eigenvalue weighted by Crippen LogP contribution is -2.18. The molecule has 0 saturated carbocycles. The molecule has 6 aromatic rings. The van der Waals surface area contributed by atoms with Gasteiger partial charge in [-0.05, 0) is 128 Å². The summed E-state index contributed by atoms with van der Waals surface area (Å²) in [4.78, 5) is 36.8. The zero-order valence-electron chi connectivity index (χ0n) is 31.4. The summed E-state index contributed by atoms with van der Waals surface area (Å²) in [5.41, 5.74) is 3.72. The molecular formula is C42H41BrF2N2O8. The van der Waals surface area contributed by atoms with Gasteiger partial charge in [0.05, 0.1) is 34.9 Å². The average Bonchev–Trinajstić information content (AvgIpc) is 3.71. The zero-order valence-corrected chi connectivity index (χ0v) is 33.0. The van der Waals surface area contributed by atoms with Gasteiger partial charge in [0.2, 0.25) is 0 Å². The minimum absolute atomic E-state index is 0.0133. The lowest BCUT2D eigenvalue weighted by atomic mass is 10.0. The third-order valence-corrected chi connectivity index (χ3v) is 8.91. The molecule has 0 aliphatic heterocycles. The van der Waals surface area contributed by atoms with Crippen molar-refractivity contribution in [2.75, 3.05) is 21.2 Å². The highest BCUT2D eigenvalue weighted by Gasteiger charge is 2.25. The van der Waals surface area contributed by atoms with Gasteiger partial charge in [0.15, 0.2) is 0 Å². The number of carbonyl (C=O) groups is 3. The Balaban J connectivity index is 0.000000214. The quantitative estimate of drug-likeness (QED) is 0.124. The maximum Gasteiger partial charge on any atom is 0.305 e. The van der Waals surface area contributed by atoms with Crippen molar-refractivity contribution in [2.24, 2.45) is 0 Å². The molecule has 2 aromatic heterocycles. The van der Waals surface area contributed by atoms with Gasteiger partial charge in [0.1, 0.15) is 45.8 Å². The summed E-state index contributed by atoms with van der Waals surface area (Å²) in [5.74, 6) is 0.251. The van der Waals surface area contributed by atoms with E-state index in [4.69, 9.17) is 23.0 Å². The Hall–Kier alpha value is -5.69. The van der Waals surface area contributed by atoms with Crippen LogP contribution in [0.4, 0.5) is 8.78 Å². The van der Waals surface area contributed by atoms with E-state index in [1.165, 1.54) is 38.4 Å². The van der Waals surface area contributed by atoms with Crippen molar-refractivity contribution >= 4 is 55.7 Å². The van der Waals surface area contributed by atoms with Gasteiger partial charge in [-0.2, -0.15) is 0 Å². The van der Waals surface area contributed by atoms with Crippen LogP contribution in [0.25, 0.3) is 44.6 Å². The number of furan rings is 2. The third kappa shape index (κ3) is 9.34. The number of ether oxygens (including phenoxy) is 3. The van der Waals surface area contributed by atoms with Crippen LogP contribution in [-0.2, 0) is 16.0 Å². The van der Waals surface area contributed by atoms with E-state index in [9.17, 15) is 23.2 Å². The summed E-state index contributed by atoms with van der Waals surface area (Å²) in [7, 11) is 4.43. The van der Waals surface area contributed by atoms with Gasteiger partial charge in [0, 0.05) is 42.4 Å². The molecule has 0 spiro atoms. The standard InChI is InChI=1S/C23H24FNO5.C19H17BrFNO3/c1-13(2)29-18-12-17-19(11-15(18)7-10-20(26)28-4)30-22(21(17)23(27)25-3)14-5-8-16(24)9-6-14;1-10(2)24-16-8-13-15(9-14(16)20)25-18(17(13)19(23)22-3)11-4-6-12(21)7-5-11/h5-6,8-9,11-13H,7,10H2,1-4H3,(H,25,27);4-10H,1-3H3,(H,22,23). The van der Waals surface area contributed by atoms with Gasteiger partial charge >= 0.3 is 5.97 Å². The van der Waals surface area contributed by atoms with Gasteiger partial charge < -0.3 is 33.7 Å². The normalized spacial score (nSPS) is 11.1. The third-order valence-electron chi connectivity index (χ3n) is 8.29. The highest BCUT2D eigenvalue weighted by Crippen LogP contribution is 2.40. The number of hydrogen-bond donors (Lipinski definition) is 2. The van der Waals surface area contributed by atoms with E-state index in [0.717, 1.165) is 10.0 Å². The van der Waals surface area contributed by atoms with Gasteiger partial charge in [-0.1, -0.05) is 0 Å². The first-order valence-electron chi connectivity index (χ1n) is 17.5. The second-order valence-corrected chi connectivity index (χ2v) is 13.8. The van der Waals surface area contributed by atoms with E-state index >= 15 is 0 Å². The number of halogens is 3. The Kier molecular flexibility index (Phi) is 13.0. The minimum atomic E-state index is -0.380. The summed E-state index contributed by atoms with van der Waals surface area (Å²) in [6.07, 6.45) is 0.462. The van der Waals surface area contributed by atoms with E-state index in [-0.39, 0.29) is 48.0 Å². The molecule has 2 N–H and O–H groups in total. The molecule has 4 aromatic carbocycles. The molecule has 0 fully saturated rings. The molecule has 55 heavy (non-hydrogen) atoms. The summed E-state index contributed by atoms with van der Waals surface area (Å²) >= 11 is 3.46. The number of carbonyl (C=O) groups excluding carboxylic acids is 3. The van der Waals surface area contributed by atoms with Crippen LogP contribution in [-0.4, -0.2) is 51.2 Å². The highest BCUT2D eigenvalue weighted by molar-refractivity contribution is 9.10. The van der Waals surface area contributed by atoms with Crippen molar-refractivity contribution in [3.63, 3.8) is 0 Å². The molecule has 2 heterocycles. The number of amides is 2. The fourth-order valence-electron chi connectivity index (χ4n) is 5.82. The SMILES string of the molecule is CNC(=O)c1c(-c2ccc(F)cc2)oc2cc(Br)c(OC(C)C)cc12.CNC(=O)c1c(-c2ccc(F)cc2)oc2cc(CCC(=O)OC)c(OC(C)C)cc12. The number of nitrogens with one attached hydrogen (secondary N) is 2. The molecule has 0 saturated heterocycles. The van der Waals surface area contributed by atoms with Crippen LogP contribution < -0.4 is 20.1 Å². The number of esters is 1. The van der Waals surface area contributed by atoms with Crippen LogP contribution in [0.2, 0.25) is 0 Å². The number of aryl methyl sites for hydroxylation is 1. The Morgan fingerprint density at radius 1 is 0.691 bits per heavy atom. The zero-order chi connectivity index (χ0) is 40.0. The van der Waals surface area contributed by atoms with Gasteiger partial charge in [-0.15, -0.1) is 0 Å². The molecular weight excluding hydrogens is 778 g/mol. The van der Waals surface area contributed by atoms with Gasteiger partial charge in [-0.3, -0.25) is 14.4 Å². The second kappa shape index (κ2) is 17.6. The van der Waals surface area contributed by atoms with Crippen LogP contribution >= 0.6 is 15.9 Å². The number of hydrogen-bond acceptors (Lipinski definition) is 8. The highest BCUT2D eigenvalue weighted by atomic mass is 79.9. The fourth-order valence-corrected chi connectivity index (χ4v) is 6.23. The van der Waals surface area contributed by atoms with Crippen molar-refractivity contribution in [3.8, 4) is 34.1 Å². The smallest absolute Gasteiger partial charge is 0.305 e. The van der Waals surface area contributed by atoms with Crippen LogP contribution in [0.5, 0.6) is 11.5 Å². The van der Waals surface area contributed by atoms with Crippen LogP contribution in [0.1, 0.15) is 60.4 Å². The number of benzene rings is 4. The molecule has 0 unspecified atom stereocenters. The van der Waals surface area contributed by atoms with E-state index < -0.39 is 0 Å². The Morgan fingerprint density at radius 2 is 1.13 bits per heavy atom. The molecule has 288 valence electrons. The first-order valence-corrected chi connectivity index (χ1v) is 18.2. The fraction of sp³-hybridized carbons (Fsp3) is 0.262. The molecule has 10 nitrogen and oxygen atoms in total. The minimum Gasteiger partial charge on any atom is -0.491 e. The van der Waals surface area contributed by atoms with E-state index in [1.54, 1.807) is 55.6 Å². The van der Waals surface area contributed by atoms with Crippen LogP contribution in [0, 0.1) is 11.6 Å². The predicted molar refractivity (Wildman–Crippen MR) is 210 cm³/mol. The molecule has 0 bridgehead atoms. The van der Waals surface area contributed by atoms with Crippen molar-refractivity contribution in [1.29, 1.82) is 0 Å². The molecule has 2 amide bonds. The van der Waals surface area contributed by atoms with Crippen molar-refractivity contribution in [1.82, 2.24) is 10.6 Å². The van der Waals surface area contributed by atoms with Crippen LogP contribution in [0.3, 0.4) is 0 Å². The number of rotatable bonds is 11. The van der Waals surface area contributed by atoms with E-state index in [1.807, 2.05) is 27.7 Å². The topological polar surface area (TPSA) is 129 Å². The molecule has 0 aliphatic rings. The Bertz CT molecular complexity index is 2330. The first kappa shape index (κ1) is 40.5. The summed E-state index contributed by atoms with van der Waals surface area (Å²) in [5, 5.41) is 6.47. The molecule has 0 radical (unpaired) electrons. The maximum absolute atomic E-state index is 13.4. The second-order valence-electron chi connectivity index (χ2n) is 12.9. The molecule has 13 heteroatoms. The van der Waals surface area contributed by atoms with Crippen molar-refractivity contribution < 1.29 is 46.2 Å². The first-order chi connectivity index (χ1) is 26.2. The van der Waals surface area contributed by atoms with Crippen molar-refractivity contribution in [2.45, 2.75) is 52.7 Å². The molecule has 0 aliphatic carbocycles. The monoisotopic (exact) mass is 818 g/mol. The van der Waals surface area contributed by atoms with Gasteiger partial charge in [0.25, 0.3) is 11.8 Å².